The van der Waals surface area contributed by atoms with Gasteiger partial charge < -0.3 is 15.7 Å². The molecule has 0 spiro atoms. The number of phenols is 1. The molecule has 0 aliphatic heterocycles. The van der Waals surface area contributed by atoms with E-state index in [9.17, 15) is 14.7 Å². The van der Waals surface area contributed by atoms with Gasteiger partial charge in [0.15, 0.2) is 0 Å². The molecule has 0 radical (unpaired) electrons. The van der Waals surface area contributed by atoms with Crippen LogP contribution >= 0.6 is 11.3 Å². The standard InChI is InChI=1S/C27H27N5O3S/c1-15-10-19(22(33)11-16(15)2)20-12-21(32-31-20)25(34)30-27-24(18-7-3-4-8-23(18)36-27)26(35)29-14-17-6-5-9-28-13-17/h5-6,9-13,33H,3-4,7-8,14H2,1-2H3,(H,29,35)(H,30,34)(H,31,32). The van der Waals surface area contributed by atoms with Crippen LogP contribution < -0.4 is 10.6 Å². The van der Waals surface area contributed by atoms with E-state index in [0.717, 1.165) is 52.8 Å². The monoisotopic (exact) mass is 501 g/mol. The van der Waals surface area contributed by atoms with Crippen molar-refractivity contribution in [1.29, 1.82) is 0 Å². The number of nitrogens with one attached hydrogen (secondary N) is 3. The maximum Gasteiger partial charge on any atom is 0.274 e. The molecule has 0 unspecified atom stereocenters. The second kappa shape index (κ2) is 9.94. The van der Waals surface area contributed by atoms with Gasteiger partial charge in [-0.15, -0.1) is 11.3 Å². The molecule has 1 aliphatic carbocycles. The lowest BCUT2D eigenvalue weighted by atomic mass is 9.95. The Bertz CT molecular complexity index is 1440. The number of hydrogen-bond donors (Lipinski definition) is 4. The van der Waals surface area contributed by atoms with Crippen LogP contribution in [-0.2, 0) is 19.4 Å². The minimum Gasteiger partial charge on any atom is -0.507 e. The number of H-pyrrole nitrogens is 1. The predicted molar refractivity (Wildman–Crippen MR) is 139 cm³/mol. The van der Waals surface area contributed by atoms with Gasteiger partial charge in [0.1, 0.15) is 16.4 Å². The molecule has 0 fully saturated rings. The highest BCUT2D eigenvalue weighted by molar-refractivity contribution is 7.17. The number of amides is 2. The third kappa shape index (κ3) is 4.74. The van der Waals surface area contributed by atoms with E-state index in [4.69, 9.17) is 0 Å². The molecule has 0 saturated carbocycles. The van der Waals surface area contributed by atoms with Crippen LogP contribution in [0.2, 0.25) is 0 Å². The van der Waals surface area contributed by atoms with Gasteiger partial charge in [-0.25, -0.2) is 0 Å². The van der Waals surface area contributed by atoms with Crippen molar-refractivity contribution in [1.82, 2.24) is 20.5 Å². The minimum atomic E-state index is -0.392. The summed E-state index contributed by atoms with van der Waals surface area (Å²) in [5.41, 5.74) is 5.73. The number of carbonyl (C=O) groups is 2. The second-order valence-electron chi connectivity index (χ2n) is 9.03. The molecule has 5 rings (SSSR count). The lowest BCUT2D eigenvalue weighted by Gasteiger charge is -2.13. The molecule has 3 aromatic heterocycles. The second-order valence-corrected chi connectivity index (χ2v) is 10.1. The van der Waals surface area contributed by atoms with Gasteiger partial charge in [0.25, 0.3) is 11.8 Å². The molecular formula is C27H27N5O3S. The topological polar surface area (TPSA) is 120 Å². The number of aromatic hydroxyl groups is 1. The van der Waals surface area contributed by atoms with E-state index < -0.39 is 5.91 Å². The zero-order valence-electron chi connectivity index (χ0n) is 20.1. The Morgan fingerprint density at radius 2 is 1.92 bits per heavy atom. The number of benzene rings is 1. The summed E-state index contributed by atoms with van der Waals surface area (Å²) in [6, 6.07) is 8.87. The molecule has 8 nitrogen and oxygen atoms in total. The third-order valence-corrected chi connectivity index (χ3v) is 7.72. The minimum absolute atomic E-state index is 0.107. The van der Waals surface area contributed by atoms with E-state index in [0.29, 0.717) is 28.4 Å². The summed E-state index contributed by atoms with van der Waals surface area (Å²) in [4.78, 5) is 31.6. The number of phenolic OH excluding ortho intramolecular Hbond substituents is 1. The fraction of sp³-hybridized carbons (Fsp3) is 0.259. The summed E-state index contributed by atoms with van der Waals surface area (Å²) in [6.07, 6.45) is 7.21. The number of fused-ring (bicyclic) bond motifs is 1. The lowest BCUT2D eigenvalue weighted by Crippen LogP contribution is -2.25. The Balaban J connectivity index is 1.39. The highest BCUT2D eigenvalue weighted by atomic mass is 32.1. The zero-order chi connectivity index (χ0) is 25.2. The van der Waals surface area contributed by atoms with Gasteiger partial charge in [-0.2, -0.15) is 5.10 Å². The first-order valence-electron chi connectivity index (χ1n) is 11.9. The average Bonchev–Trinajstić information content (AvgIpc) is 3.50. The number of thiophene rings is 1. The smallest absolute Gasteiger partial charge is 0.274 e. The van der Waals surface area contributed by atoms with Crippen LogP contribution in [0.1, 0.15) is 60.8 Å². The Labute approximate surface area is 212 Å². The van der Waals surface area contributed by atoms with Crippen molar-refractivity contribution in [3.05, 3.63) is 81.1 Å². The Morgan fingerprint density at radius 3 is 2.72 bits per heavy atom. The van der Waals surface area contributed by atoms with E-state index in [1.165, 1.54) is 11.3 Å². The van der Waals surface area contributed by atoms with Crippen LogP contribution in [0, 0.1) is 13.8 Å². The predicted octanol–water partition coefficient (Wildman–Crippen LogP) is 4.92. The molecule has 1 aromatic carbocycles. The average molecular weight is 502 g/mol. The van der Waals surface area contributed by atoms with Gasteiger partial charge in [-0.3, -0.25) is 19.7 Å². The first kappa shape index (κ1) is 23.7. The van der Waals surface area contributed by atoms with Gasteiger partial charge in [-0.05, 0) is 86.1 Å². The molecule has 9 heteroatoms. The van der Waals surface area contributed by atoms with Gasteiger partial charge in [-0.1, -0.05) is 6.07 Å². The fourth-order valence-electron chi connectivity index (χ4n) is 4.42. The summed E-state index contributed by atoms with van der Waals surface area (Å²) in [6.45, 7) is 4.24. The SMILES string of the molecule is Cc1cc(O)c(-c2cc(C(=O)Nc3sc4c(c3C(=O)NCc3cccnc3)CCCC4)[nH]n2)cc1C. The van der Waals surface area contributed by atoms with Crippen LogP contribution in [0.3, 0.4) is 0 Å². The Morgan fingerprint density at radius 1 is 1.11 bits per heavy atom. The van der Waals surface area contributed by atoms with Crippen LogP contribution in [0.25, 0.3) is 11.3 Å². The lowest BCUT2D eigenvalue weighted by molar-refractivity contribution is 0.0951. The Kier molecular flexibility index (Phi) is 6.56. The van der Waals surface area contributed by atoms with E-state index in [-0.39, 0.29) is 17.4 Å². The number of rotatable bonds is 6. The third-order valence-electron chi connectivity index (χ3n) is 6.51. The van der Waals surface area contributed by atoms with Crippen molar-refractivity contribution in [2.24, 2.45) is 0 Å². The largest absolute Gasteiger partial charge is 0.507 e. The molecule has 0 bridgehead atoms. The number of pyridine rings is 1. The van der Waals surface area contributed by atoms with Crippen molar-refractivity contribution < 1.29 is 14.7 Å². The number of aromatic nitrogens is 3. The van der Waals surface area contributed by atoms with Gasteiger partial charge in [0.2, 0.25) is 0 Å². The molecule has 4 N–H and O–H groups in total. The molecule has 0 saturated heterocycles. The summed E-state index contributed by atoms with van der Waals surface area (Å²) >= 11 is 1.46. The van der Waals surface area contributed by atoms with E-state index in [1.807, 2.05) is 32.0 Å². The number of aryl methyl sites for hydroxylation is 3. The molecule has 184 valence electrons. The Hall–Kier alpha value is -3.98. The van der Waals surface area contributed by atoms with Crippen molar-refractivity contribution in [3.8, 4) is 17.0 Å². The number of anilines is 1. The van der Waals surface area contributed by atoms with Crippen molar-refractivity contribution in [3.63, 3.8) is 0 Å². The quantitative estimate of drug-likeness (QED) is 0.299. The normalized spacial score (nSPS) is 12.7. The van der Waals surface area contributed by atoms with Crippen LogP contribution in [0.15, 0.2) is 42.7 Å². The first-order valence-corrected chi connectivity index (χ1v) is 12.7. The van der Waals surface area contributed by atoms with Gasteiger partial charge in [0.05, 0.1) is 11.3 Å². The van der Waals surface area contributed by atoms with Crippen LogP contribution in [-0.4, -0.2) is 32.1 Å². The molecule has 1 aliphatic rings. The summed E-state index contributed by atoms with van der Waals surface area (Å²) in [5.74, 6) is -0.494. The van der Waals surface area contributed by atoms with Crippen molar-refractivity contribution >= 4 is 28.2 Å². The number of hydrogen-bond acceptors (Lipinski definition) is 6. The number of aromatic amines is 1. The maximum absolute atomic E-state index is 13.3. The number of carbonyl (C=O) groups excluding carboxylic acids is 2. The molecule has 0 atom stereocenters. The van der Waals surface area contributed by atoms with Gasteiger partial charge >= 0.3 is 0 Å². The van der Waals surface area contributed by atoms with E-state index in [2.05, 4.69) is 25.8 Å². The van der Waals surface area contributed by atoms with Crippen molar-refractivity contribution in [2.45, 2.75) is 46.1 Å². The van der Waals surface area contributed by atoms with Crippen LogP contribution in [0.4, 0.5) is 5.00 Å². The molecule has 4 aromatic rings. The zero-order valence-corrected chi connectivity index (χ0v) is 21.0. The molecule has 2 amide bonds. The maximum atomic E-state index is 13.3. The summed E-state index contributed by atoms with van der Waals surface area (Å²) in [7, 11) is 0. The van der Waals surface area contributed by atoms with E-state index in [1.54, 1.807) is 24.5 Å². The molecule has 36 heavy (non-hydrogen) atoms. The summed E-state index contributed by atoms with van der Waals surface area (Å²) in [5, 5.41) is 23.8. The van der Waals surface area contributed by atoms with E-state index >= 15 is 0 Å². The first-order chi connectivity index (χ1) is 17.4. The highest BCUT2D eigenvalue weighted by Crippen LogP contribution is 2.38. The number of nitrogens with zero attached hydrogens (tertiary/aromatic N) is 2. The summed E-state index contributed by atoms with van der Waals surface area (Å²) < 4.78 is 0. The molecule has 3 heterocycles. The van der Waals surface area contributed by atoms with Crippen molar-refractivity contribution in [2.75, 3.05) is 5.32 Å². The van der Waals surface area contributed by atoms with Gasteiger partial charge in [0, 0.05) is 29.4 Å². The highest BCUT2D eigenvalue weighted by Gasteiger charge is 2.27. The molecular weight excluding hydrogens is 474 g/mol. The fourth-order valence-corrected chi connectivity index (χ4v) is 5.70. The van der Waals surface area contributed by atoms with Crippen LogP contribution in [0.5, 0.6) is 5.75 Å².